The molecule has 2 aliphatic heterocycles. The van der Waals surface area contributed by atoms with Gasteiger partial charge in [-0.25, -0.2) is 0 Å². The van der Waals surface area contributed by atoms with E-state index < -0.39 is 0 Å². The van der Waals surface area contributed by atoms with Crippen LogP contribution in [0.15, 0.2) is 17.8 Å². The molecule has 0 aliphatic carbocycles. The summed E-state index contributed by atoms with van der Waals surface area (Å²) in [7, 11) is 1.54. The minimum Gasteiger partial charge on any atom is -0.496 e. The van der Waals surface area contributed by atoms with Crippen LogP contribution in [0.3, 0.4) is 0 Å². The number of nitrogens with zero attached hydrogens (tertiary/aromatic N) is 1. The molecule has 7 heteroatoms. The highest BCUT2D eigenvalue weighted by atomic mass is 16.5. The van der Waals surface area contributed by atoms with Crippen molar-refractivity contribution in [3.63, 3.8) is 0 Å². The number of carbonyl (C=O) groups is 2. The Labute approximate surface area is 159 Å². The van der Waals surface area contributed by atoms with Crippen LogP contribution >= 0.6 is 0 Å². The first kappa shape index (κ1) is 19.2. The number of nitrogens with one attached hydrogen (secondary N) is 1. The maximum atomic E-state index is 12.5. The van der Waals surface area contributed by atoms with Crippen molar-refractivity contribution in [1.29, 1.82) is 0 Å². The smallest absolute Gasteiger partial charge is 0.265 e. The van der Waals surface area contributed by atoms with Crippen LogP contribution in [0.2, 0.25) is 0 Å². The third-order valence-electron chi connectivity index (χ3n) is 5.14. The molecule has 1 saturated heterocycles. The SMILES string of the molecule is COc1cc2c(cc1C(C(C)=O)=C(C)N)OCC(=O)N2CC1CCNCC1. The Bertz CT molecular complexity index is 778. The van der Waals surface area contributed by atoms with Crippen LogP contribution in [0.4, 0.5) is 5.69 Å². The number of Topliss-reactive ketones (excluding diaryl/α,β-unsaturated/α-hetero) is 1. The molecule has 1 fully saturated rings. The van der Waals surface area contributed by atoms with Gasteiger partial charge in [-0.2, -0.15) is 0 Å². The first-order valence-corrected chi connectivity index (χ1v) is 9.26. The predicted octanol–water partition coefficient (Wildman–Crippen LogP) is 1.70. The Morgan fingerprint density at radius 1 is 1.33 bits per heavy atom. The number of ketones is 1. The lowest BCUT2D eigenvalue weighted by Gasteiger charge is -2.34. The van der Waals surface area contributed by atoms with Gasteiger partial charge in [-0.3, -0.25) is 9.59 Å². The quantitative estimate of drug-likeness (QED) is 0.763. The molecular formula is C20H27N3O4. The number of amides is 1. The van der Waals surface area contributed by atoms with Gasteiger partial charge in [0, 0.05) is 29.4 Å². The number of fused-ring (bicyclic) bond motifs is 1. The number of ether oxygens (including phenoxy) is 2. The third kappa shape index (κ3) is 3.93. The van der Waals surface area contributed by atoms with E-state index in [1.165, 1.54) is 14.0 Å². The molecular weight excluding hydrogens is 346 g/mol. The minimum atomic E-state index is -0.147. The fraction of sp³-hybridized carbons (Fsp3) is 0.500. The van der Waals surface area contributed by atoms with Crippen molar-refractivity contribution < 1.29 is 19.1 Å². The van der Waals surface area contributed by atoms with E-state index in [1.54, 1.807) is 24.0 Å². The summed E-state index contributed by atoms with van der Waals surface area (Å²) in [6.45, 7) is 5.75. The Kier molecular flexibility index (Phi) is 5.70. The molecule has 1 aromatic rings. The number of hydrogen-bond donors (Lipinski definition) is 2. The summed E-state index contributed by atoms with van der Waals surface area (Å²) < 4.78 is 11.2. The fourth-order valence-corrected chi connectivity index (χ4v) is 3.79. The Hall–Kier alpha value is -2.54. The second-order valence-electron chi connectivity index (χ2n) is 7.12. The lowest BCUT2D eigenvalue weighted by Crippen LogP contribution is -2.43. The lowest BCUT2D eigenvalue weighted by molar-refractivity contribution is -0.121. The molecule has 0 aromatic heterocycles. The predicted molar refractivity (Wildman–Crippen MR) is 104 cm³/mol. The van der Waals surface area contributed by atoms with E-state index in [4.69, 9.17) is 15.2 Å². The van der Waals surface area contributed by atoms with Crippen molar-refractivity contribution in [3.05, 3.63) is 23.4 Å². The molecule has 0 spiro atoms. The van der Waals surface area contributed by atoms with Gasteiger partial charge < -0.3 is 25.4 Å². The van der Waals surface area contributed by atoms with Crippen molar-refractivity contribution >= 4 is 23.0 Å². The average Bonchev–Trinajstić information content (AvgIpc) is 2.64. The Balaban J connectivity index is 2.02. The molecule has 0 unspecified atom stereocenters. The molecule has 1 amide bonds. The van der Waals surface area contributed by atoms with Crippen LogP contribution in [-0.4, -0.2) is 45.0 Å². The number of benzene rings is 1. The largest absolute Gasteiger partial charge is 0.496 e. The molecule has 2 aliphatic rings. The number of piperidine rings is 1. The van der Waals surface area contributed by atoms with Gasteiger partial charge in [0.25, 0.3) is 5.91 Å². The molecule has 0 saturated carbocycles. The fourth-order valence-electron chi connectivity index (χ4n) is 3.79. The first-order valence-electron chi connectivity index (χ1n) is 9.26. The van der Waals surface area contributed by atoms with Crippen LogP contribution in [0.1, 0.15) is 32.3 Å². The van der Waals surface area contributed by atoms with E-state index in [2.05, 4.69) is 5.32 Å². The molecule has 0 radical (unpaired) electrons. The summed E-state index contributed by atoms with van der Waals surface area (Å²) in [5.41, 5.74) is 8.02. The molecule has 2 heterocycles. The van der Waals surface area contributed by atoms with Gasteiger partial charge in [0.15, 0.2) is 12.4 Å². The van der Waals surface area contributed by atoms with E-state index >= 15 is 0 Å². The molecule has 3 rings (SSSR count). The first-order chi connectivity index (χ1) is 12.9. The van der Waals surface area contributed by atoms with Crippen LogP contribution < -0.4 is 25.4 Å². The molecule has 1 aromatic carbocycles. The average molecular weight is 373 g/mol. The van der Waals surface area contributed by atoms with Gasteiger partial charge in [-0.05, 0) is 51.8 Å². The number of allylic oxidation sites excluding steroid dienone is 2. The van der Waals surface area contributed by atoms with Crippen molar-refractivity contribution in [1.82, 2.24) is 5.32 Å². The van der Waals surface area contributed by atoms with Crippen molar-refractivity contribution in [3.8, 4) is 11.5 Å². The van der Waals surface area contributed by atoms with Gasteiger partial charge >= 0.3 is 0 Å². The maximum absolute atomic E-state index is 12.5. The Morgan fingerprint density at radius 2 is 2.04 bits per heavy atom. The van der Waals surface area contributed by atoms with Crippen molar-refractivity contribution in [2.45, 2.75) is 26.7 Å². The number of rotatable bonds is 5. The van der Waals surface area contributed by atoms with Crippen molar-refractivity contribution in [2.75, 3.05) is 38.3 Å². The number of hydrogen-bond acceptors (Lipinski definition) is 6. The zero-order chi connectivity index (χ0) is 19.6. The molecule has 0 bridgehead atoms. The number of nitrogens with two attached hydrogens (primary N) is 1. The number of carbonyl (C=O) groups excluding carboxylic acids is 2. The lowest BCUT2D eigenvalue weighted by atomic mass is 9.95. The summed E-state index contributed by atoms with van der Waals surface area (Å²) >= 11 is 0. The maximum Gasteiger partial charge on any atom is 0.265 e. The van der Waals surface area contributed by atoms with Crippen LogP contribution in [0.25, 0.3) is 5.57 Å². The van der Waals surface area contributed by atoms with E-state index in [1.807, 2.05) is 0 Å². The molecule has 7 nitrogen and oxygen atoms in total. The summed E-state index contributed by atoms with van der Waals surface area (Å²) in [4.78, 5) is 26.4. The number of methoxy groups -OCH3 is 1. The van der Waals surface area contributed by atoms with Gasteiger partial charge in [0.2, 0.25) is 0 Å². The highest BCUT2D eigenvalue weighted by molar-refractivity contribution is 6.21. The minimum absolute atomic E-state index is 0.00946. The Morgan fingerprint density at radius 3 is 2.63 bits per heavy atom. The normalized spacial score (nSPS) is 18.5. The second-order valence-corrected chi connectivity index (χ2v) is 7.12. The number of anilines is 1. The standard InChI is InChI=1S/C20H27N3O4/c1-12(21)20(13(2)24)15-8-18-16(9-17(15)26-3)23(19(25)11-27-18)10-14-4-6-22-7-5-14/h8-9,14,22H,4-7,10-11,21H2,1-3H3. The summed E-state index contributed by atoms with van der Waals surface area (Å²) in [6.07, 6.45) is 2.08. The molecule has 0 atom stereocenters. The van der Waals surface area contributed by atoms with Crippen LogP contribution in [0, 0.1) is 5.92 Å². The van der Waals surface area contributed by atoms with Gasteiger partial charge in [-0.1, -0.05) is 0 Å². The van der Waals surface area contributed by atoms with Crippen LogP contribution in [-0.2, 0) is 9.59 Å². The second kappa shape index (κ2) is 8.00. The monoisotopic (exact) mass is 373 g/mol. The third-order valence-corrected chi connectivity index (χ3v) is 5.14. The van der Waals surface area contributed by atoms with E-state index in [9.17, 15) is 9.59 Å². The van der Waals surface area contributed by atoms with E-state index in [0.29, 0.717) is 46.5 Å². The van der Waals surface area contributed by atoms with Crippen LogP contribution in [0.5, 0.6) is 11.5 Å². The summed E-state index contributed by atoms with van der Waals surface area (Å²) in [5.74, 6) is 1.31. The highest BCUT2D eigenvalue weighted by Gasteiger charge is 2.31. The summed E-state index contributed by atoms with van der Waals surface area (Å²) in [5, 5.41) is 3.34. The van der Waals surface area contributed by atoms with E-state index in [0.717, 1.165) is 25.9 Å². The van der Waals surface area contributed by atoms with Crippen molar-refractivity contribution in [2.24, 2.45) is 11.7 Å². The molecule has 146 valence electrons. The van der Waals surface area contributed by atoms with Gasteiger partial charge in [-0.15, -0.1) is 0 Å². The summed E-state index contributed by atoms with van der Waals surface area (Å²) in [6, 6.07) is 3.53. The molecule has 27 heavy (non-hydrogen) atoms. The van der Waals surface area contributed by atoms with E-state index in [-0.39, 0.29) is 18.3 Å². The highest BCUT2D eigenvalue weighted by Crippen LogP contribution is 2.41. The topological polar surface area (TPSA) is 93.9 Å². The molecule has 3 N–H and O–H groups in total. The zero-order valence-electron chi connectivity index (χ0n) is 16.1. The van der Waals surface area contributed by atoms with Gasteiger partial charge in [0.1, 0.15) is 11.5 Å². The van der Waals surface area contributed by atoms with Gasteiger partial charge in [0.05, 0.1) is 12.8 Å². The zero-order valence-corrected chi connectivity index (χ0v) is 16.1.